The van der Waals surface area contributed by atoms with E-state index in [9.17, 15) is 14.3 Å². The van der Waals surface area contributed by atoms with Gasteiger partial charge >= 0.3 is 5.97 Å². The predicted molar refractivity (Wildman–Crippen MR) is 83.5 cm³/mol. The van der Waals surface area contributed by atoms with E-state index in [2.05, 4.69) is 5.32 Å². The Hall–Kier alpha value is -2.27. The van der Waals surface area contributed by atoms with E-state index in [4.69, 9.17) is 16.7 Å². The summed E-state index contributed by atoms with van der Waals surface area (Å²) in [6, 6.07) is 7.44. The number of phenolic OH excluding ortho intramolecular Hbond substituents is 1. The summed E-state index contributed by atoms with van der Waals surface area (Å²) >= 11 is 5.92. The van der Waals surface area contributed by atoms with Gasteiger partial charge < -0.3 is 15.5 Å². The summed E-state index contributed by atoms with van der Waals surface area (Å²) in [6.07, 6.45) is 0.578. The molecule has 4 nitrogen and oxygen atoms in total. The van der Waals surface area contributed by atoms with E-state index in [1.54, 1.807) is 12.1 Å². The smallest absolute Gasteiger partial charge is 0.307 e. The van der Waals surface area contributed by atoms with E-state index >= 15 is 0 Å². The highest BCUT2D eigenvalue weighted by molar-refractivity contribution is 6.33. The van der Waals surface area contributed by atoms with Gasteiger partial charge in [0.2, 0.25) is 0 Å². The number of hydrogen-bond donors (Lipinski definition) is 3. The first-order chi connectivity index (χ1) is 10.4. The fraction of sp³-hybridized carbons (Fsp3) is 0.188. The molecule has 2 aromatic rings. The van der Waals surface area contributed by atoms with Gasteiger partial charge in [0.1, 0.15) is 5.75 Å². The number of aryl methyl sites for hydroxylation is 1. The molecule has 0 spiro atoms. The molecule has 2 rings (SSSR count). The second kappa shape index (κ2) is 6.66. The number of anilines is 2. The topological polar surface area (TPSA) is 69.6 Å². The van der Waals surface area contributed by atoms with Crippen LogP contribution in [0.5, 0.6) is 5.75 Å². The molecule has 0 bridgehead atoms. The number of benzene rings is 2. The number of aliphatic carboxylic acids is 1. The minimum Gasteiger partial charge on any atom is -0.508 e. The van der Waals surface area contributed by atoms with E-state index in [1.807, 2.05) is 13.0 Å². The van der Waals surface area contributed by atoms with Crippen LogP contribution in [0.3, 0.4) is 0 Å². The number of hydrogen-bond acceptors (Lipinski definition) is 3. The number of aromatic hydroxyl groups is 1. The van der Waals surface area contributed by atoms with Crippen molar-refractivity contribution < 1.29 is 19.4 Å². The molecule has 2 aromatic carbocycles. The summed E-state index contributed by atoms with van der Waals surface area (Å²) < 4.78 is 13.9. The number of phenols is 1. The van der Waals surface area contributed by atoms with Crippen molar-refractivity contribution in [2.45, 2.75) is 19.8 Å². The summed E-state index contributed by atoms with van der Waals surface area (Å²) in [6.45, 7) is 1.96. The van der Waals surface area contributed by atoms with E-state index in [0.29, 0.717) is 11.3 Å². The summed E-state index contributed by atoms with van der Waals surface area (Å²) in [5, 5.41) is 21.1. The van der Waals surface area contributed by atoms with Gasteiger partial charge in [0.05, 0.1) is 17.1 Å². The Morgan fingerprint density at radius 1 is 1.32 bits per heavy atom. The molecule has 0 amide bonds. The van der Waals surface area contributed by atoms with Crippen LogP contribution in [0, 0.1) is 5.82 Å². The summed E-state index contributed by atoms with van der Waals surface area (Å²) in [5.74, 6) is -1.97. The van der Waals surface area contributed by atoms with Crippen molar-refractivity contribution in [3.63, 3.8) is 0 Å². The molecule has 116 valence electrons. The first-order valence-electron chi connectivity index (χ1n) is 6.69. The maximum Gasteiger partial charge on any atom is 0.307 e. The van der Waals surface area contributed by atoms with Gasteiger partial charge in [0, 0.05) is 17.8 Å². The maximum atomic E-state index is 13.9. The van der Waals surface area contributed by atoms with Gasteiger partial charge in [-0.05, 0) is 23.6 Å². The summed E-state index contributed by atoms with van der Waals surface area (Å²) in [4.78, 5) is 11.0. The molecule has 0 fully saturated rings. The lowest BCUT2D eigenvalue weighted by Gasteiger charge is -2.14. The highest BCUT2D eigenvalue weighted by Gasteiger charge is 2.13. The van der Waals surface area contributed by atoms with Gasteiger partial charge in [-0.3, -0.25) is 4.79 Å². The number of rotatable bonds is 5. The molecule has 3 N–H and O–H groups in total. The van der Waals surface area contributed by atoms with Crippen LogP contribution in [-0.4, -0.2) is 16.2 Å². The number of halogens is 2. The average Bonchev–Trinajstić information content (AvgIpc) is 2.43. The van der Waals surface area contributed by atoms with Crippen molar-refractivity contribution >= 4 is 28.9 Å². The number of carboxylic acids is 1. The Balaban J connectivity index is 2.43. The molecule has 6 heteroatoms. The second-order valence-corrected chi connectivity index (χ2v) is 5.23. The van der Waals surface area contributed by atoms with Crippen molar-refractivity contribution in [2.24, 2.45) is 0 Å². The van der Waals surface area contributed by atoms with Crippen molar-refractivity contribution in [1.29, 1.82) is 0 Å². The lowest BCUT2D eigenvalue weighted by atomic mass is 10.0. The van der Waals surface area contributed by atoms with Crippen LogP contribution in [0.1, 0.15) is 18.1 Å². The van der Waals surface area contributed by atoms with Gasteiger partial charge in [-0.1, -0.05) is 30.7 Å². The Morgan fingerprint density at radius 2 is 2.05 bits per heavy atom. The summed E-state index contributed by atoms with van der Waals surface area (Å²) in [7, 11) is 0. The quantitative estimate of drug-likeness (QED) is 0.724. The van der Waals surface area contributed by atoms with Crippen LogP contribution in [-0.2, 0) is 17.6 Å². The first kappa shape index (κ1) is 16.1. The van der Waals surface area contributed by atoms with Crippen LogP contribution in [0.4, 0.5) is 15.8 Å². The third-order valence-corrected chi connectivity index (χ3v) is 3.50. The molecule has 0 unspecified atom stereocenters. The van der Waals surface area contributed by atoms with E-state index in [1.165, 1.54) is 6.07 Å². The third-order valence-electron chi connectivity index (χ3n) is 3.21. The number of carbonyl (C=O) groups is 1. The zero-order chi connectivity index (χ0) is 16.3. The molecule has 0 aliphatic carbocycles. The van der Waals surface area contributed by atoms with Crippen molar-refractivity contribution in [1.82, 2.24) is 0 Å². The molecule has 0 heterocycles. The maximum absolute atomic E-state index is 13.9. The highest BCUT2D eigenvalue weighted by Crippen LogP contribution is 2.33. The molecular formula is C16H15ClFNO3. The van der Waals surface area contributed by atoms with Gasteiger partial charge in [-0.15, -0.1) is 0 Å². The fourth-order valence-electron chi connectivity index (χ4n) is 2.11. The molecule has 0 saturated heterocycles. The van der Waals surface area contributed by atoms with Crippen molar-refractivity contribution in [2.75, 3.05) is 5.32 Å². The predicted octanol–water partition coefficient (Wildman–Crippen LogP) is 4.12. The van der Waals surface area contributed by atoms with E-state index in [0.717, 1.165) is 18.1 Å². The standard InChI is InChI=1S/C16H15ClFNO3/c1-2-9-3-4-14(10(5-9)6-15(21)22)19-16-12(17)7-11(20)8-13(16)18/h3-5,7-8,19-20H,2,6H2,1H3,(H,21,22). The lowest BCUT2D eigenvalue weighted by Crippen LogP contribution is -2.05. The SMILES string of the molecule is CCc1ccc(Nc2c(F)cc(O)cc2Cl)c(CC(=O)O)c1. The van der Waals surface area contributed by atoms with Crippen LogP contribution in [0.15, 0.2) is 30.3 Å². The summed E-state index contributed by atoms with van der Waals surface area (Å²) in [5.41, 5.74) is 1.98. The van der Waals surface area contributed by atoms with Gasteiger partial charge in [-0.2, -0.15) is 0 Å². The largest absolute Gasteiger partial charge is 0.508 e. The Morgan fingerprint density at radius 3 is 2.64 bits per heavy atom. The van der Waals surface area contributed by atoms with Crippen LogP contribution < -0.4 is 5.32 Å². The highest BCUT2D eigenvalue weighted by atomic mass is 35.5. The molecule has 0 aliphatic heterocycles. The second-order valence-electron chi connectivity index (χ2n) is 4.82. The molecule has 0 atom stereocenters. The van der Waals surface area contributed by atoms with Gasteiger partial charge in [0.25, 0.3) is 0 Å². The Bertz CT molecular complexity index is 696. The minimum absolute atomic E-state index is 0.00430. The normalized spacial score (nSPS) is 10.5. The van der Waals surface area contributed by atoms with Crippen LogP contribution >= 0.6 is 11.6 Å². The van der Waals surface area contributed by atoms with Crippen molar-refractivity contribution in [3.05, 3.63) is 52.3 Å². The monoisotopic (exact) mass is 323 g/mol. The third kappa shape index (κ3) is 3.68. The van der Waals surface area contributed by atoms with Gasteiger partial charge in [-0.25, -0.2) is 4.39 Å². The van der Waals surface area contributed by atoms with E-state index < -0.39 is 11.8 Å². The minimum atomic E-state index is -0.978. The molecule has 0 saturated carbocycles. The molecule has 0 radical (unpaired) electrons. The van der Waals surface area contributed by atoms with Crippen LogP contribution in [0.2, 0.25) is 5.02 Å². The zero-order valence-corrected chi connectivity index (χ0v) is 12.6. The zero-order valence-electron chi connectivity index (χ0n) is 11.9. The molecule has 0 aromatic heterocycles. The van der Waals surface area contributed by atoms with Gasteiger partial charge in [0.15, 0.2) is 5.82 Å². The average molecular weight is 324 g/mol. The van der Waals surface area contributed by atoms with Crippen molar-refractivity contribution in [3.8, 4) is 5.75 Å². The van der Waals surface area contributed by atoms with E-state index in [-0.39, 0.29) is 22.9 Å². The number of carboxylic acid groups (broad SMARTS) is 1. The Kier molecular flexibility index (Phi) is 4.88. The fourth-order valence-corrected chi connectivity index (χ4v) is 2.36. The van der Waals surface area contributed by atoms with Crippen LogP contribution in [0.25, 0.3) is 0 Å². The molecule has 22 heavy (non-hydrogen) atoms. The molecule has 0 aliphatic rings. The first-order valence-corrected chi connectivity index (χ1v) is 7.07. The lowest BCUT2D eigenvalue weighted by molar-refractivity contribution is -0.136. The number of nitrogens with one attached hydrogen (secondary N) is 1. The molecular weight excluding hydrogens is 309 g/mol. The Labute approximate surface area is 132 Å².